The predicted molar refractivity (Wildman–Crippen MR) is 83.7 cm³/mol. The number of oxazole rings is 1. The molecule has 2 aromatic heterocycles. The molecule has 0 bridgehead atoms. The molecule has 106 valence electrons. The molecular weight excluding hydrogens is 260 g/mol. The number of pyridine rings is 1. The van der Waals surface area contributed by atoms with Crippen molar-refractivity contribution in [3.63, 3.8) is 0 Å². The second kappa shape index (κ2) is 5.92. The van der Waals surface area contributed by atoms with Crippen molar-refractivity contribution >= 4 is 0 Å². The lowest BCUT2D eigenvalue weighted by Gasteiger charge is -2.21. The van der Waals surface area contributed by atoms with Gasteiger partial charge in [0.25, 0.3) is 0 Å². The Balaban J connectivity index is 1.87. The highest BCUT2D eigenvalue weighted by Crippen LogP contribution is 2.32. The van der Waals surface area contributed by atoms with Crippen LogP contribution in [-0.2, 0) is 12.8 Å². The number of aromatic nitrogens is 2. The maximum atomic E-state index is 5.87. The van der Waals surface area contributed by atoms with Gasteiger partial charge in [-0.05, 0) is 30.0 Å². The number of fused-ring (bicyclic) bond motifs is 1. The summed E-state index contributed by atoms with van der Waals surface area (Å²) in [6.07, 6.45) is 10.4. The molecule has 0 radical (unpaired) electrons. The molecular formula is C18H18N2O. The first-order valence-corrected chi connectivity index (χ1v) is 7.17. The average Bonchev–Trinajstić information content (AvgIpc) is 2.96. The maximum absolute atomic E-state index is 5.87. The fourth-order valence-corrected chi connectivity index (χ4v) is 2.77. The van der Waals surface area contributed by atoms with Gasteiger partial charge < -0.3 is 4.42 Å². The summed E-state index contributed by atoms with van der Waals surface area (Å²) >= 11 is 0. The summed E-state index contributed by atoms with van der Waals surface area (Å²) in [5.41, 5.74) is 3.05. The predicted octanol–water partition coefficient (Wildman–Crippen LogP) is 4.14. The number of allylic oxidation sites excluding steroid dienone is 4. The van der Waals surface area contributed by atoms with Crippen molar-refractivity contribution in [3.8, 4) is 11.6 Å². The van der Waals surface area contributed by atoms with Gasteiger partial charge in [-0.25, -0.2) is 4.98 Å². The van der Waals surface area contributed by atoms with Crippen LogP contribution in [0, 0.1) is 5.92 Å². The van der Waals surface area contributed by atoms with Crippen LogP contribution in [0.15, 0.2) is 65.8 Å². The van der Waals surface area contributed by atoms with Crippen LogP contribution in [0.25, 0.3) is 11.6 Å². The van der Waals surface area contributed by atoms with E-state index >= 15 is 0 Å². The van der Waals surface area contributed by atoms with Crippen LogP contribution in [0.3, 0.4) is 0 Å². The molecule has 1 unspecified atom stereocenters. The van der Waals surface area contributed by atoms with Crippen LogP contribution in [0.4, 0.5) is 0 Å². The van der Waals surface area contributed by atoms with E-state index in [-0.39, 0.29) is 0 Å². The van der Waals surface area contributed by atoms with E-state index in [0.29, 0.717) is 11.8 Å². The van der Waals surface area contributed by atoms with Crippen molar-refractivity contribution in [2.24, 2.45) is 5.92 Å². The Bertz CT molecular complexity index is 682. The number of hydrogen-bond acceptors (Lipinski definition) is 3. The van der Waals surface area contributed by atoms with Crippen LogP contribution in [0.1, 0.15) is 17.9 Å². The van der Waals surface area contributed by atoms with Gasteiger partial charge in [0.15, 0.2) is 0 Å². The number of hydrogen-bond donors (Lipinski definition) is 0. The second-order valence-corrected chi connectivity index (χ2v) is 5.15. The van der Waals surface area contributed by atoms with E-state index in [0.717, 1.165) is 36.4 Å². The first kappa shape index (κ1) is 13.6. The van der Waals surface area contributed by atoms with Crippen molar-refractivity contribution in [1.29, 1.82) is 0 Å². The molecule has 0 aromatic carbocycles. The summed E-state index contributed by atoms with van der Waals surface area (Å²) in [6, 6.07) is 5.75. The van der Waals surface area contributed by atoms with Crippen LogP contribution in [0.5, 0.6) is 0 Å². The van der Waals surface area contributed by atoms with Crippen LogP contribution >= 0.6 is 0 Å². The molecule has 3 nitrogen and oxygen atoms in total. The van der Waals surface area contributed by atoms with Crippen molar-refractivity contribution in [3.05, 3.63) is 72.8 Å². The maximum Gasteiger partial charge on any atom is 0.245 e. The molecule has 1 atom stereocenters. The van der Waals surface area contributed by atoms with Gasteiger partial charge in [0.2, 0.25) is 5.89 Å². The van der Waals surface area contributed by atoms with Gasteiger partial charge in [-0.1, -0.05) is 37.5 Å². The van der Waals surface area contributed by atoms with E-state index in [4.69, 9.17) is 4.42 Å². The number of aryl methyl sites for hydroxylation is 1. The van der Waals surface area contributed by atoms with E-state index in [1.165, 1.54) is 5.57 Å². The second-order valence-electron chi connectivity index (χ2n) is 5.15. The minimum atomic E-state index is 0.440. The molecule has 0 saturated carbocycles. The zero-order valence-electron chi connectivity index (χ0n) is 12.0. The van der Waals surface area contributed by atoms with Crippen molar-refractivity contribution in [1.82, 2.24) is 9.97 Å². The highest BCUT2D eigenvalue weighted by atomic mass is 16.4. The summed E-state index contributed by atoms with van der Waals surface area (Å²) in [6.45, 7) is 7.66. The minimum absolute atomic E-state index is 0.440. The summed E-state index contributed by atoms with van der Waals surface area (Å²) in [4.78, 5) is 8.93. The molecule has 1 aliphatic carbocycles. The zero-order valence-corrected chi connectivity index (χ0v) is 12.0. The summed E-state index contributed by atoms with van der Waals surface area (Å²) in [5.74, 6) is 2.05. The largest absolute Gasteiger partial charge is 0.440 e. The molecule has 2 heterocycles. The molecule has 0 spiro atoms. The Hall–Kier alpha value is -2.42. The summed E-state index contributed by atoms with van der Waals surface area (Å²) in [5, 5.41) is 0. The average molecular weight is 278 g/mol. The van der Waals surface area contributed by atoms with Gasteiger partial charge in [0.05, 0.1) is 5.69 Å². The van der Waals surface area contributed by atoms with Crippen LogP contribution in [0.2, 0.25) is 0 Å². The van der Waals surface area contributed by atoms with Gasteiger partial charge in [-0.2, -0.15) is 0 Å². The molecule has 0 N–H and O–H groups in total. The smallest absolute Gasteiger partial charge is 0.245 e. The standard InChI is InChI=1S/C18H18N2O/c1-3-7-13(4-2)14-9-10-17-16(12-14)20-18(21-17)15-8-5-6-11-19-15/h3-8,11,14H,1-2,9-10,12H2/b13-7+. The third-order valence-electron chi connectivity index (χ3n) is 3.84. The fourth-order valence-electron chi connectivity index (χ4n) is 2.77. The third kappa shape index (κ3) is 2.72. The van der Waals surface area contributed by atoms with Crippen molar-refractivity contribution in [2.45, 2.75) is 19.3 Å². The number of nitrogens with zero attached hydrogens (tertiary/aromatic N) is 2. The molecule has 0 amide bonds. The first-order valence-electron chi connectivity index (χ1n) is 7.17. The minimum Gasteiger partial charge on any atom is -0.440 e. The van der Waals surface area contributed by atoms with Gasteiger partial charge >= 0.3 is 0 Å². The van der Waals surface area contributed by atoms with Gasteiger partial charge in [-0.15, -0.1) is 0 Å². The molecule has 3 heteroatoms. The lowest BCUT2D eigenvalue weighted by Crippen LogP contribution is -2.15. The van der Waals surface area contributed by atoms with E-state index in [2.05, 4.69) is 23.1 Å². The quantitative estimate of drug-likeness (QED) is 0.789. The molecule has 1 aliphatic rings. The van der Waals surface area contributed by atoms with E-state index in [9.17, 15) is 0 Å². The Morgan fingerprint density at radius 1 is 1.33 bits per heavy atom. The molecule has 0 aliphatic heterocycles. The molecule has 2 aromatic rings. The van der Waals surface area contributed by atoms with Crippen molar-refractivity contribution in [2.75, 3.05) is 0 Å². The molecule has 0 saturated heterocycles. The third-order valence-corrected chi connectivity index (χ3v) is 3.84. The highest BCUT2D eigenvalue weighted by molar-refractivity contribution is 5.47. The lowest BCUT2D eigenvalue weighted by molar-refractivity contribution is 0.445. The monoisotopic (exact) mass is 278 g/mol. The van der Waals surface area contributed by atoms with Crippen molar-refractivity contribution < 1.29 is 4.42 Å². The lowest BCUT2D eigenvalue weighted by atomic mass is 9.84. The van der Waals surface area contributed by atoms with Gasteiger partial charge in [-0.3, -0.25) is 4.98 Å². The molecule has 3 rings (SSSR count). The summed E-state index contributed by atoms with van der Waals surface area (Å²) in [7, 11) is 0. The van der Waals surface area contributed by atoms with Crippen LogP contribution in [-0.4, -0.2) is 9.97 Å². The molecule has 21 heavy (non-hydrogen) atoms. The van der Waals surface area contributed by atoms with E-state index < -0.39 is 0 Å². The van der Waals surface area contributed by atoms with E-state index in [1.54, 1.807) is 6.20 Å². The normalized spacial score (nSPS) is 18.1. The molecule has 0 fully saturated rings. The SMILES string of the molecule is C=C/C=C(\C=C)C1CCc2oc(-c3ccccn3)nc2C1. The first-order chi connectivity index (χ1) is 10.3. The topological polar surface area (TPSA) is 38.9 Å². The van der Waals surface area contributed by atoms with Crippen LogP contribution < -0.4 is 0 Å². The van der Waals surface area contributed by atoms with E-state index in [1.807, 2.05) is 36.4 Å². The highest BCUT2D eigenvalue weighted by Gasteiger charge is 2.25. The van der Waals surface area contributed by atoms with Gasteiger partial charge in [0, 0.05) is 19.0 Å². The fraction of sp³-hybridized carbons (Fsp3) is 0.222. The Morgan fingerprint density at radius 2 is 2.24 bits per heavy atom. The van der Waals surface area contributed by atoms with Gasteiger partial charge in [0.1, 0.15) is 11.5 Å². The zero-order chi connectivity index (χ0) is 14.7. The Labute approximate surface area is 124 Å². The Morgan fingerprint density at radius 3 is 2.95 bits per heavy atom. The number of rotatable bonds is 4. The summed E-state index contributed by atoms with van der Waals surface area (Å²) < 4.78 is 5.87. The Kier molecular flexibility index (Phi) is 3.82.